The highest BCUT2D eigenvalue weighted by atomic mass is 32.2. The van der Waals surface area contributed by atoms with Crippen LogP contribution in [0.5, 0.6) is 0 Å². The molecule has 0 saturated carbocycles. The van der Waals surface area contributed by atoms with E-state index in [1.165, 1.54) is 5.56 Å². The van der Waals surface area contributed by atoms with E-state index in [1.54, 1.807) is 0 Å². The van der Waals surface area contributed by atoms with Gasteiger partial charge in [0.1, 0.15) is 0 Å². The Morgan fingerprint density at radius 1 is 1.04 bits per heavy atom. The molecular formula is C21H27NOS. The zero-order chi connectivity index (χ0) is 17.1. The van der Waals surface area contributed by atoms with Crippen LogP contribution in [0.25, 0.3) is 0 Å². The lowest BCUT2D eigenvalue weighted by Crippen LogP contribution is -2.42. The van der Waals surface area contributed by atoms with Crippen molar-refractivity contribution in [1.29, 1.82) is 0 Å². The zero-order valence-electron chi connectivity index (χ0n) is 14.7. The molecule has 0 aliphatic carbocycles. The summed E-state index contributed by atoms with van der Waals surface area (Å²) >= 11 is 0. The quantitative estimate of drug-likeness (QED) is 0.875. The summed E-state index contributed by atoms with van der Waals surface area (Å²) in [6.07, 6.45) is 1.97. The van der Waals surface area contributed by atoms with Crippen LogP contribution in [0.15, 0.2) is 59.5 Å². The molecule has 1 aliphatic rings. The van der Waals surface area contributed by atoms with Gasteiger partial charge >= 0.3 is 0 Å². The van der Waals surface area contributed by atoms with Crippen molar-refractivity contribution in [3.63, 3.8) is 0 Å². The van der Waals surface area contributed by atoms with Crippen molar-refractivity contribution in [3.05, 3.63) is 65.7 Å². The Balaban J connectivity index is 2.10. The molecule has 2 nitrogen and oxygen atoms in total. The molecule has 0 amide bonds. The van der Waals surface area contributed by atoms with Gasteiger partial charge in [-0.3, -0.25) is 4.21 Å². The van der Waals surface area contributed by atoms with Gasteiger partial charge in [-0.05, 0) is 36.0 Å². The maximum absolute atomic E-state index is 13.4. The van der Waals surface area contributed by atoms with Crippen molar-refractivity contribution in [2.24, 2.45) is 5.92 Å². The first-order valence-electron chi connectivity index (χ1n) is 8.92. The highest BCUT2D eigenvalue weighted by molar-refractivity contribution is 7.85. The van der Waals surface area contributed by atoms with E-state index < -0.39 is 10.8 Å². The van der Waals surface area contributed by atoms with E-state index in [2.05, 4.69) is 68.6 Å². The van der Waals surface area contributed by atoms with E-state index in [1.807, 2.05) is 12.1 Å². The van der Waals surface area contributed by atoms with Crippen molar-refractivity contribution in [2.45, 2.75) is 55.8 Å². The first-order chi connectivity index (χ1) is 11.6. The number of hydrogen-bond donors (Lipinski definition) is 1. The Labute approximate surface area is 148 Å². The molecule has 0 spiro atoms. The lowest BCUT2D eigenvalue weighted by Gasteiger charge is -2.28. The van der Waals surface area contributed by atoms with Crippen LogP contribution in [0, 0.1) is 5.92 Å². The minimum atomic E-state index is -0.978. The Hall–Kier alpha value is -1.45. The summed E-state index contributed by atoms with van der Waals surface area (Å²) in [4.78, 5) is 1.00. The average Bonchev–Trinajstić information content (AvgIpc) is 2.72. The SMILES string of the molecule is CCC1NC(c2ccccc2)c2ccccc2S(=O)C1CC(C)C. The van der Waals surface area contributed by atoms with Crippen LogP contribution in [-0.4, -0.2) is 15.5 Å². The molecule has 2 aromatic rings. The highest BCUT2D eigenvalue weighted by Crippen LogP contribution is 2.35. The average molecular weight is 342 g/mol. The smallest absolute Gasteiger partial charge is 0.0591 e. The summed E-state index contributed by atoms with van der Waals surface area (Å²) in [6, 6.07) is 19.1. The van der Waals surface area contributed by atoms with Gasteiger partial charge in [0.2, 0.25) is 0 Å². The molecule has 4 unspecified atom stereocenters. The lowest BCUT2D eigenvalue weighted by atomic mass is 9.95. The molecule has 4 atom stereocenters. The molecule has 1 N–H and O–H groups in total. The van der Waals surface area contributed by atoms with E-state index in [4.69, 9.17) is 0 Å². The minimum Gasteiger partial charge on any atom is -0.302 e. The normalized spacial score (nSPS) is 26.8. The van der Waals surface area contributed by atoms with Gasteiger partial charge in [-0.15, -0.1) is 0 Å². The summed E-state index contributed by atoms with van der Waals surface area (Å²) in [5, 5.41) is 3.99. The molecular weight excluding hydrogens is 314 g/mol. The molecule has 2 aromatic carbocycles. The Bertz CT molecular complexity index is 698. The van der Waals surface area contributed by atoms with Gasteiger partial charge in [0, 0.05) is 10.9 Å². The van der Waals surface area contributed by atoms with Crippen LogP contribution < -0.4 is 5.32 Å². The Morgan fingerprint density at radius 3 is 2.38 bits per heavy atom. The number of benzene rings is 2. The molecule has 0 saturated heterocycles. The molecule has 1 heterocycles. The third-order valence-corrected chi connectivity index (χ3v) is 6.70. The van der Waals surface area contributed by atoms with E-state index in [0.717, 1.165) is 23.3 Å². The largest absolute Gasteiger partial charge is 0.302 e. The first-order valence-corrected chi connectivity index (χ1v) is 10.1. The Kier molecular flexibility index (Phi) is 5.52. The number of rotatable bonds is 4. The van der Waals surface area contributed by atoms with Gasteiger partial charge in [0.25, 0.3) is 0 Å². The summed E-state index contributed by atoms with van der Waals surface area (Å²) in [5.41, 5.74) is 2.40. The van der Waals surface area contributed by atoms with Crippen LogP contribution in [0.4, 0.5) is 0 Å². The third-order valence-electron chi connectivity index (χ3n) is 4.83. The summed E-state index contributed by atoms with van der Waals surface area (Å²) < 4.78 is 13.4. The van der Waals surface area contributed by atoms with Crippen molar-refractivity contribution in [2.75, 3.05) is 0 Å². The summed E-state index contributed by atoms with van der Waals surface area (Å²) in [7, 11) is -0.978. The molecule has 0 fully saturated rings. The Morgan fingerprint density at radius 2 is 1.71 bits per heavy atom. The van der Waals surface area contributed by atoms with Gasteiger partial charge in [-0.1, -0.05) is 69.3 Å². The third kappa shape index (κ3) is 3.47. The topological polar surface area (TPSA) is 29.1 Å². The monoisotopic (exact) mass is 341 g/mol. The fourth-order valence-corrected chi connectivity index (χ4v) is 5.73. The van der Waals surface area contributed by atoms with Crippen molar-refractivity contribution < 1.29 is 4.21 Å². The molecule has 24 heavy (non-hydrogen) atoms. The van der Waals surface area contributed by atoms with Crippen LogP contribution in [0.1, 0.15) is 50.8 Å². The van der Waals surface area contributed by atoms with Crippen LogP contribution >= 0.6 is 0 Å². The second kappa shape index (κ2) is 7.62. The van der Waals surface area contributed by atoms with Gasteiger partial charge < -0.3 is 5.32 Å². The predicted octanol–water partition coefficient (Wildman–Crippen LogP) is 4.68. The van der Waals surface area contributed by atoms with Crippen LogP contribution in [-0.2, 0) is 10.8 Å². The molecule has 0 aromatic heterocycles. The number of fused-ring (bicyclic) bond motifs is 1. The number of hydrogen-bond acceptors (Lipinski definition) is 2. The first kappa shape index (κ1) is 17.4. The van der Waals surface area contributed by atoms with Gasteiger partial charge in [-0.2, -0.15) is 0 Å². The van der Waals surface area contributed by atoms with Crippen molar-refractivity contribution in [1.82, 2.24) is 5.32 Å². The van der Waals surface area contributed by atoms with Crippen LogP contribution in [0.2, 0.25) is 0 Å². The van der Waals surface area contributed by atoms with E-state index in [9.17, 15) is 4.21 Å². The molecule has 1 aliphatic heterocycles. The van der Waals surface area contributed by atoms with Crippen LogP contribution in [0.3, 0.4) is 0 Å². The van der Waals surface area contributed by atoms with E-state index in [-0.39, 0.29) is 17.3 Å². The standard InChI is InChI=1S/C21H27NOS/c1-4-18-20(14-15(2)3)24(23)19-13-9-8-12-17(19)21(22-18)16-10-6-5-7-11-16/h5-13,15,18,20-22H,4,14H2,1-3H3. The zero-order valence-corrected chi connectivity index (χ0v) is 15.6. The maximum Gasteiger partial charge on any atom is 0.0591 e. The van der Waals surface area contributed by atoms with Crippen molar-refractivity contribution in [3.8, 4) is 0 Å². The molecule has 0 bridgehead atoms. The van der Waals surface area contributed by atoms with E-state index in [0.29, 0.717) is 5.92 Å². The number of nitrogens with one attached hydrogen (secondary N) is 1. The lowest BCUT2D eigenvalue weighted by molar-refractivity contribution is 0.407. The van der Waals surface area contributed by atoms with E-state index >= 15 is 0 Å². The second-order valence-electron chi connectivity index (χ2n) is 7.03. The maximum atomic E-state index is 13.4. The molecule has 3 rings (SSSR count). The fraction of sp³-hybridized carbons (Fsp3) is 0.429. The summed E-state index contributed by atoms with van der Waals surface area (Å²) in [6.45, 7) is 6.63. The highest BCUT2D eigenvalue weighted by Gasteiger charge is 2.35. The molecule has 128 valence electrons. The predicted molar refractivity (Wildman–Crippen MR) is 102 cm³/mol. The second-order valence-corrected chi connectivity index (χ2v) is 8.67. The van der Waals surface area contributed by atoms with Gasteiger partial charge in [0.15, 0.2) is 0 Å². The van der Waals surface area contributed by atoms with Gasteiger partial charge in [-0.25, -0.2) is 0 Å². The molecule has 3 heteroatoms. The van der Waals surface area contributed by atoms with Gasteiger partial charge in [0.05, 0.1) is 22.1 Å². The minimum absolute atomic E-state index is 0.105. The molecule has 0 radical (unpaired) electrons. The summed E-state index contributed by atoms with van der Waals surface area (Å²) in [5.74, 6) is 0.537. The fourth-order valence-electron chi connectivity index (χ4n) is 3.64. The van der Waals surface area contributed by atoms with Crippen molar-refractivity contribution >= 4 is 10.8 Å².